The number of hydrogen-bond donors (Lipinski definition) is 3. The van der Waals surface area contributed by atoms with Gasteiger partial charge in [-0.15, -0.1) is 0 Å². The van der Waals surface area contributed by atoms with Crippen LogP contribution in [0.2, 0.25) is 0 Å². The number of nitrogens with two attached hydrogens (primary N) is 1. The fourth-order valence-electron chi connectivity index (χ4n) is 2.15. The van der Waals surface area contributed by atoms with E-state index in [9.17, 15) is 4.79 Å². The highest BCUT2D eigenvalue weighted by Gasteiger charge is 2.18. The molecule has 5 nitrogen and oxygen atoms in total. The van der Waals surface area contributed by atoms with Crippen molar-refractivity contribution in [2.75, 3.05) is 17.6 Å². The molecule has 2 heterocycles. The summed E-state index contributed by atoms with van der Waals surface area (Å²) in [6.07, 6.45) is 3.81. The van der Waals surface area contributed by atoms with Crippen LogP contribution in [0.4, 0.5) is 10.8 Å². The molecule has 0 spiro atoms. The van der Waals surface area contributed by atoms with E-state index in [0.717, 1.165) is 28.0 Å². The van der Waals surface area contributed by atoms with E-state index in [-0.39, 0.29) is 11.9 Å². The normalized spacial score (nSPS) is 18.1. The minimum Gasteiger partial charge on any atom is -0.375 e. The van der Waals surface area contributed by atoms with E-state index < -0.39 is 0 Å². The monoisotopic (exact) mass is 274 g/mol. The number of carbonyl (C=O) groups is 1. The van der Waals surface area contributed by atoms with Crippen LogP contribution in [0, 0.1) is 6.92 Å². The van der Waals surface area contributed by atoms with Crippen molar-refractivity contribution in [3.05, 3.63) is 29.8 Å². The molecule has 1 atom stereocenters. The summed E-state index contributed by atoms with van der Waals surface area (Å²) in [6, 6.07) is 3.58. The lowest BCUT2D eigenvalue weighted by molar-refractivity contribution is -0.116. The number of benzene rings is 1. The van der Waals surface area contributed by atoms with Crippen LogP contribution < -0.4 is 16.4 Å². The van der Waals surface area contributed by atoms with Gasteiger partial charge in [0.05, 0.1) is 10.2 Å². The second-order valence-electron chi connectivity index (χ2n) is 4.50. The average molecular weight is 274 g/mol. The van der Waals surface area contributed by atoms with Gasteiger partial charge in [0.15, 0.2) is 5.13 Å². The lowest BCUT2D eigenvalue weighted by atomic mass is 10.2. The number of nitrogens with one attached hydrogen (secondary N) is 2. The third-order valence-electron chi connectivity index (χ3n) is 3.04. The summed E-state index contributed by atoms with van der Waals surface area (Å²) in [7, 11) is 0. The Hall–Kier alpha value is -1.92. The SMILES string of the molecule is Cc1cc(NC(=O)C2C=CCN2)cc2sc(N)nc12. The number of nitrogen functional groups attached to an aromatic ring is 1. The highest BCUT2D eigenvalue weighted by atomic mass is 32.1. The largest absolute Gasteiger partial charge is 0.375 e. The predicted octanol–water partition coefficient (Wildman–Crippen LogP) is 1.65. The maximum Gasteiger partial charge on any atom is 0.245 e. The Balaban J connectivity index is 1.88. The van der Waals surface area contributed by atoms with Crippen LogP contribution in [-0.2, 0) is 4.79 Å². The van der Waals surface area contributed by atoms with Crippen molar-refractivity contribution < 1.29 is 4.79 Å². The van der Waals surface area contributed by atoms with Gasteiger partial charge < -0.3 is 11.1 Å². The van der Waals surface area contributed by atoms with Gasteiger partial charge in [-0.2, -0.15) is 0 Å². The van der Waals surface area contributed by atoms with E-state index >= 15 is 0 Å². The van der Waals surface area contributed by atoms with E-state index in [2.05, 4.69) is 15.6 Å². The van der Waals surface area contributed by atoms with Crippen LogP contribution in [-0.4, -0.2) is 23.5 Å². The molecule has 1 aliphatic heterocycles. The van der Waals surface area contributed by atoms with Gasteiger partial charge in [-0.25, -0.2) is 4.98 Å². The fraction of sp³-hybridized carbons (Fsp3) is 0.231. The Morgan fingerprint density at radius 3 is 3.16 bits per heavy atom. The molecule has 1 aromatic heterocycles. The van der Waals surface area contributed by atoms with Crippen LogP contribution in [0.25, 0.3) is 10.2 Å². The molecule has 1 unspecified atom stereocenters. The zero-order valence-electron chi connectivity index (χ0n) is 10.4. The molecule has 0 aliphatic carbocycles. The third kappa shape index (κ3) is 2.32. The van der Waals surface area contributed by atoms with Gasteiger partial charge in [0.25, 0.3) is 0 Å². The molecule has 4 N–H and O–H groups in total. The summed E-state index contributed by atoms with van der Waals surface area (Å²) in [5.41, 5.74) is 8.40. The maximum atomic E-state index is 12.0. The molecular formula is C13H14N4OS. The maximum absolute atomic E-state index is 12.0. The van der Waals surface area contributed by atoms with Gasteiger partial charge in [-0.3, -0.25) is 10.1 Å². The van der Waals surface area contributed by atoms with Crippen LogP contribution >= 0.6 is 11.3 Å². The second kappa shape index (κ2) is 4.64. The number of aromatic nitrogens is 1. The summed E-state index contributed by atoms with van der Waals surface area (Å²) >= 11 is 1.43. The van der Waals surface area contributed by atoms with E-state index in [1.165, 1.54) is 11.3 Å². The van der Waals surface area contributed by atoms with Crippen molar-refractivity contribution in [1.29, 1.82) is 0 Å². The molecular weight excluding hydrogens is 260 g/mol. The molecule has 0 bridgehead atoms. The first-order valence-corrected chi connectivity index (χ1v) is 6.83. The Morgan fingerprint density at radius 1 is 1.58 bits per heavy atom. The number of carbonyl (C=O) groups excluding carboxylic acids is 1. The van der Waals surface area contributed by atoms with Crippen LogP contribution in [0.3, 0.4) is 0 Å². The number of amides is 1. The summed E-state index contributed by atoms with van der Waals surface area (Å²) < 4.78 is 0.989. The van der Waals surface area contributed by atoms with Crippen LogP contribution in [0.1, 0.15) is 5.56 Å². The molecule has 19 heavy (non-hydrogen) atoms. The summed E-state index contributed by atoms with van der Waals surface area (Å²) in [6.45, 7) is 2.70. The summed E-state index contributed by atoms with van der Waals surface area (Å²) in [4.78, 5) is 16.3. The molecule has 0 saturated heterocycles. The van der Waals surface area contributed by atoms with Crippen molar-refractivity contribution in [2.45, 2.75) is 13.0 Å². The molecule has 0 radical (unpaired) electrons. The number of rotatable bonds is 2. The second-order valence-corrected chi connectivity index (χ2v) is 5.56. The summed E-state index contributed by atoms with van der Waals surface area (Å²) in [5.74, 6) is -0.0509. The van der Waals surface area contributed by atoms with Gasteiger partial charge >= 0.3 is 0 Å². The number of thiazole rings is 1. The van der Waals surface area contributed by atoms with E-state index in [1.54, 1.807) is 0 Å². The first-order chi connectivity index (χ1) is 9.13. The number of fused-ring (bicyclic) bond motifs is 1. The van der Waals surface area contributed by atoms with Gasteiger partial charge in [-0.1, -0.05) is 23.5 Å². The molecule has 98 valence electrons. The molecule has 2 aromatic rings. The Labute approximate surface area is 114 Å². The number of hydrogen-bond acceptors (Lipinski definition) is 5. The van der Waals surface area contributed by atoms with E-state index in [0.29, 0.717) is 5.13 Å². The van der Waals surface area contributed by atoms with Crippen molar-refractivity contribution >= 4 is 38.3 Å². The molecule has 1 aromatic carbocycles. The number of nitrogens with zero attached hydrogens (tertiary/aromatic N) is 1. The molecule has 0 fully saturated rings. The quantitative estimate of drug-likeness (QED) is 0.728. The predicted molar refractivity (Wildman–Crippen MR) is 78.3 cm³/mol. The van der Waals surface area contributed by atoms with Crippen molar-refractivity contribution in [2.24, 2.45) is 0 Å². The van der Waals surface area contributed by atoms with Crippen LogP contribution in [0.15, 0.2) is 24.3 Å². The van der Waals surface area contributed by atoms with Crippen molar-refractivity contribution in [3.63, 3.8) is 0 Å². The van der Waals surface area contributed by atoms with Crippen molar-refractivity contribution in [1.82, 2.24) is 10.3 Å². The molecule has 6 heteroatoms. The third-order valence-corrected chi connectivity index (χ3v) is 3.87. The first-order valence-electron chi connectivity index (χ1n) is 6.01. The fourth-order valence-corrected chi connectivity index (χ4v) is 3.00. The highest BCUT2D eigenvalue weighted by molar-refractivity contribution is 7.22. The summed E-state index contributed by atoms with van der Waals surface area (Å²) in [5, 5.41) is 6.53. The number of anilines is 2. The minimum atomic E-state index is -0.248. The van der Waals surface area contributed by atoms with Gasteiger partial charge in [0, 0.05) is 12.2 Å². The van der Waals surface area contributed by atoms with Gasteiger partial charge in [-0.05, 0) is 24.6 Å². The Kier molecular flexibility index (Phi) is 2.96. The molecule has 3 rings (SSSR count). The van der Waals surface area contributed by atoms with Gasteiger partial charge in [0.1, 0.15) is 6.04 Å². The molecule has 1 amide bonds. The zero-order chi connectivity index (χ0) is 13.4. The minimum absolute atomic E-state index is 0.0509. The Morgan fingerprint density at radius 2 is 2.42 bits per heavy atom. The zero-order valence-corrected chi connectivity index (χ0v) is 11.3. The van der Waals surface area contributed by atoms with Gasteiger partial charge in [0.2, 0.25) is 5.91 Å². The van der Waals surface area contributed by atoms with Crippen molar-refractivity contribution in [3.8, 4) is 0 Å². The van der Waals surface area contributed by atoms with Crippen LogP contribution in [0.5, 0.6) is 0 Å². The number of aryl methyl sites for hydroxylation is 1. The lowest BCUT2D eigenvalue weighted by Crippen LogP contribution is -2.35. The smallest absolute Gasteiger partial charge is 0.245 e. The molecule has 1 aliphatic rings. The topological polar surface area (TPSA) is 80.0 Å². The average Bonchev–Trinajstić information content (AvgIpc) is 2.97. The molecule has 0 saturated carbocycles. The lowest BCUT2D eigenvalue weighted by Gasteiger charge is -2.11. The standard InChI is InChI=1S/C13H14N4OS/c1-7-5-8(6-10-11(7)17-13(14)19-10)16-12(18)9-3-2-4-15-9/h2-3,5-6,9,15H,4H2,1H3,(H2,14,17)(H,16,18). The van der Waals surface area contributed by atoms with E-state index in [1.807, 2.05) is 31.2 Å². The van der Waals surface area contributed by atoms with E-state index in [4.69, 9.17) is 5.73 Å². The first kappa shape index (κ1) is 12.1. The Bertz CT molecular complexity index is 677. The highest BCUT2D eigenvalue weighted by Crippen LogP contribution is 2.29.